The fourth-order valence-corrected chi connectivity index (χ4v) is 3.30. The lowest BCUT2D eigenvalue weighted by molar-refractivity contribution is 0.0293. The molecule has 2 heteroatoms. The maximum Gasteiger partial charge on any atom is 0.0304 e. The lowest BCUT2D eigenvalue weighted by atomic mass is 9.89. The van der Waals surface area contributed by atoms with E-state index in [1.807, 2.05) is 0 Å². The second-order valence-corrected chi connectivity index (χ2v) is 6.76. The molecule has 1 saturated carbocycles. The van der Waals surface area contributed by atoms with Crippen LogP contribution in [0.25, 0.3) is 0 Å². The summed E-state index contributed by atoms with van der Waals surface area (Å²) in [6.07, 6.45) is 6.83. The first-order valence-electron chi connectivity index (χ1n) is 8.11. The summed E-state index contributed by atoms with van der Waals surface area (Å²) in [6, 6.07) is 0.777. The van der Waals surface area contributed by atoms with Gasteiger partial charge < -0.3 is 5.32 Å². The molecule has 2 fully saturated rings. The van der Waals surface area contributed by atoms with E-state index < -0.39 is 0 Å². The maximum absolute atomic E-state index is 3.82. The van der Waals surface area contributed by atoms with Crippen LogP contribution in [0.2, 0.25) is 0 Å². The fourth-order valence-electron chi connectivity index (χ4n) is 3.30. The highest BCUT2D eigenvalue weighted by Gasteiger charge is 2.41. The van der Waals surface area contributed by atoms with Crippen LogP contribution in [-0.2, 0) is 0 Å². The summed E-state index contributed by atoms with van der Waals surface area (Å²) in [5.74, 6) is 1.87. The molecule has 0 radical (unpaired) electrons. The third-order valence-corrected chi connectivity index (χ3v) is 5.51. The molecule has 0 spiro atoms. The molecule has 0 aromatic carbocycles. The Morgan fingerprint density at radius 3 is 2.39 bits per heavy atom. The van der Waals surface area contributed by atoms with Crippen molar-refractivity contribution in [2.45, 2.75) is 71.4 Å². The molecule has 1 aliphatic carbocycles. The molecule has 2 atom stereocenters. The lowest BCUT2D eigenvalue weighted by Gasteiger charge is -2.49. The molecule has 2 nitrogen and oxygen atoms in total. The minimum atomic E-state index is 0.383. The van der Waals surface area contributed by atoms with E-state index in [0.717, 1.165) is 17.9 Å². The Kier molecular flexibility index (Phi) is 4.71. The Balaban J connectivity index is 1.99. The topological polar surface area (TPSA) is 15.3 Å². The number of piperazine rings is 1. The Hall–Kier alpha value is -0.0800. The highest BCUT2D eigenvalue weighted by molar-refractivity contribution is 5.00. The molecule has 1 heterocycles. The molecule has 1 aliphatic heterocycles. The highest BCUT2D eigenvalue weighted by atomic mass is 15.3. The standard InChI is InChI=1S/C16H32N2/c1-5-13(6-2)10-18-11-15(14-8-9-14)17-12-16(18,4)7-3/h13-15,17H,5-12H2,1-4H3. The van der Waals surface area contributed by atoms with Crippen LogP contribution in [0.1, 0.15) is 59.8 Å². The van der Waals surface area contributed by atoms with Crippen LogP contribution in [-0.4, -0.2) is 36.1 Å². The van der Waals surface area contributed by atoms with E-state index in [1.165, 1.54) is 51.7 Å². The van der Waals surface area contributed by atoms with Gasteiger partial charge in [0.2, 0.25) is 0 Å². The smallest absolute Gasteiger partial charge is 0.0304 e. The quantitative estimate of drug-likeness (QED) is 0.780. The summed E-state index contributed by atoms with van der Waals surface area (Å²) in [6.45, 7) is 13.3. The first-order chi connectivity index (χ1) is 8.62. The molecule has 0 aromatic heterocycles. The van der Waals surface area contributed by atoms with Crippen LogP contribution in [0, 0.1) is 11.8 Å². The molecule has 0 amide bonds. The van der Waals surface area contributed by atoms with Crippen LogP contribution in [0.4, 0.5) is 0 Å². The van der Waals surface area contributed by atoms with Gasteiger partial charge in [-0.15, -0.1) is 0 Å². The van der Waals surface area contributed by atoms with Crippen molar-refractivity contribution in [3.63, 3.8) is 0 Å². The van der Waals surface area contributed by atoms with Crippen LogP contribution in [0.3, 0.4) is 0 Å². The van der Waals surface area contributed by atoms with Crippen LogP contribution >= 0.6 is 0 Å². The molecule has 0 bridgehead atoms. The molecule has 106 valence electrons. The van der Waals surface area contributed by atoms with Gasteiger partial charge in [-0.25, -0.2) is 0 Å². The van der Waals surface area contributed by atoms with Crippen LogP contribution < -0.4 is 5.32 Å². The van der Waals surface area contributed by atoms with E-state index in [-0.39, 0.29) is 0 Å². The largest absolute Gasteiger partial charge is 0.311 e. The van der Waals surface area contributed by atoms with Crippen molar-refractivity contribution in [1.82, 2.24) is 10.2 Å². The monoisotopic (exact) mass is 252 g/mol. The zero-order valence-electron chi connectivity index (χ0n) is 12.8. The van der Waals surface area contributed by atoms with Crippen LogP contribution in [0.15, 0.2) is 0 Å². The molecular weight excluding hydrogens is 220 g/mol. The number of hydrogen-bond acceptors (Lipinski definition) is 2. The molecular formula is C16H32N2. The van der Waals surface area contributed by atoms with E-state index in [9.17, 15) is 0 Å². The molecule has 1 saturated heterocycles. The molecule has 2 aliphatic rings. The molecule has 2 unspecified atom stereocenters. The SMILES string of the molecule is CCC(CC)CN1CC(C2CC2)NCC1(C)CC. The zero-order chi connectivity index (χ0) is 13.2. The second kappa shape index (κ2) is 5.92. The fraction of sp³-hybridized carbons (Fsp3) is 1.00. The summed E-state index contributed by atoms with van der Waals surface area (Å²) in [7, 11) is 0. The van der Waals surface area contributed by atoms with Gasteiger partial charge in [0.15, 0.2) is 0 Å². The summed E-state index contributed by atoms with van der Waals surface area (Å²) in [5.41, 5.74) is 0.383. The number of rotatable bonds is 6. The zero-order valence-corrected chi connectivity index (χ0v) is 12.8. The summed E-state index contributed by atoms with van der Waals surface area (Å²) >= 11 is 0. The Morgan fingerprint density at radius 1 is 1.22 bits per heavy atom. The minimum Gasteiger partial charge on any atom is -0.311 e. The number of nitrogens with zero attached hydrogens (tertiary/aromatic N) is 1. The molecule has 18 heavy (non-hydrogen) atoms. The number of nitrogens with one attached hydrogen (secondary N) is 1. The Bertz CT molecular complexity index is 256. The first-order valence-corrected chi connectivity index (χ1v) is 8.11. The van der Waals surface area contributed by atoms with Gasteiger partial charge in [-0.2, -0.15) is 0 Å². The lowest BCUT2D eigenvalue weighted by Crippen LogP contribution is -2.64. The number of hydrogen-bond donors (Lipinski definition) is 1. The van der Waals surface area contributed by atoms with Crippen molar-refractivity contribution in [2.75, 3.05) is 19.6 Å². The normalized spacial score (nSPS) is 34.2. The van der Waals surface area contributed by atoms with E-state index in [0.29, 0.717) is 5.54 Å². The van der Waals surface area contributed by atoms with E-state index in [4.69, 9.17) is 0 Å². The van der Waals surface area contributed by atoms with Gasteiger partial charge in [0, 0.05) is 31.2 Å². The molecule has 0 aromatic rings. The molecule has 1 N–H and O–H groups in total. The van der Waals surface area contributed by atoms with Crippen molar-refractivity contribution in [2.24, 2.45) is 11.8 Å². The van der Waals surface area contributed by atoms with Crippen molar-refractivity contribution in [3.8, 4) is 0 Å². The minimum absolute atomic E-state index is 0.383. The Morgan fingerprint density at radius 2 is 1.89 bits per heavy atom. The average molecular weight is 252 g/mol. The summed E-state index contributed by atoms with van der Waals surface area (Å²) in [4.78, 5) is 2.81. The second-order valence-electron chi connectivity index (χ2n) is 6.76. The van der Waals surface area contributed by atoms with Gasteiger partial charge in [-0.05, 0) is 38.0 Å². The van der Waals surface area contributed by atoms with Gasteiger partial charge in [-0.3, -0.25) is 4.90 Å². The van der Waals surface area contributed by atoms with Gasteiger partial charge in [-0.1, -0.05) is 33.6 Å². The van der Waals surface area contributed by atoms with Crippen molar-refractivity contribution >= 4 is 0 Å². The third kappa shape index (κ3) is 3.08. The van der Waals surface area contributed by atoms with E-state index in [1.54, 1.807) is 0 Å². The Labute approximate surface area is 114 Å². The van der Waals surface area contributed by atoms with Crippen molar-refractivity contribution in [3.05, 3.63) is 0 Å². The van der Waals surface area contributed by atoms with Gasteiger partial charge in [0.05, 0.1) is 0 Å². The average Bonchev–Trinajstić information content (AvgIpc) is 3.22. The van der Waals surface area contributed by atoms with Crippen molar-refractivity contribution < 1.29 is 0 Å². The van der Waals surface area contributed by atoms with Crippen LogP contribution in [0.5, 0.6) is 0 Å². The third-order valence-electron chi connectivity index (χ3n) is 5.51. The highest BCUT2D eigenvalue weighted by Crippen LogP contribution is 2.36. The summed E-state index contributed by atoms with van der Waals surface area (Å²) < 4.78 is 0. The summed E-state index contributed by atoms with van der Waals surface area (Å²) in [5, 5.41) is 3.82. The maximum atomic E-state index is 3.82. The predicted molar refractivity (Wildman–Crippen MR) is 78.9 cm³/mol. The van der Waals surface area contributed by atoms with Gasteiger partial charge in [0.25, 0.3) is 0 Å². The molecule has 2 rings (SSSR count). The predicted octanol–water partition coefficient (Wildman–Crippen LogP) is 3.28. The van der Waals surface area contributed by atoms with Crippen molar-refractivity contribution in [1.29, 1.82) is 0 Å². The van der Waals surface area contributed by atoms with E-state index in [2.05, 4.69) is 37.9 Å². The van der Waals surface area contributed by atoms with Gasteiger partial charge >= 0.3 is 0 Å². The van der Waals surface area contributed by atoms with Gasteiger partial charge in [0.1, 0.15) is 0 Å². The first kappa shape index (κ1) is 14.3. The van der Waals surface area contributed by atoms with E-state index >= 15 is 0 Å².